The minimum atomic E-state index is 1.27. The molecule has 0 atom stereocenters. The van der Waals surface area contributed by atoms with E-state index in [1.807, 2.05) is 0 Å². The topological polar surface area (TPSA) is 0 Å². The minimum Gasteiger partial charge on any atom is -0.0617 e. The summed E-state index contributed by atoms with van der Waals surface area (Å²) >= 11 is 0. The lowest BCUT2D eigenvalue weighted by atomic mass is 10.1. The van der Waals surface area contributed by atoms with Gasteiger partial charge in [0.05, 0.1) is 0 Å². The summed E-state index contributed by atoms with van der Waals surface area (Å²) in [5.74, 6) is 0. The van der Waals surface area contributed by atoms with Gasteiger partial charge in [-0.1, -0.05) is 18.2 Å². The number of hydrogen-bond acceptors (Lipinski definition) is 0. The number of hydrogen-bond donors (Lipinski definition) is 0. The molecule has 0 heterocycles. The predicted octanol–water partition coefficient (Wildman–Crippen LogP) is 2.09. The quantitative estimate of drug-likeness (QED) is 0.489. The monoisotopic (exact) mass is 118 g/mol. The van der Waals surface area contributed by atoms with Crippen LogP contribution in [0.5, 0.6) is 0 Å². The van der Waals surface area contributed by atoms with E-state index in [0.717, 1.165) is 0 Å². The van der Waals surface area contributed by atoms with E-state index in [1.54, 1.807) is 11.1 Å². The third-order valence-corrected chi connectivity index (χ3v) is 2.22. The molecule has 0 N–H and O–H groups in total. The van der Waals surface area contributed by atoms with Gasteiger partial charge in [-0.25, -0.2) is 0 Å². The van der Waals surface area contributed by atoms with E-state index in [-0.39, 0.29) is 0 Å². The SMILES string of the molecule is Cc1c2cccc1CC2. The number of aryl methyl sites for hydroxylation is 2. The molecule has 0 aromatic heterocycles. The standard InChI is InChI=1S/C9H10/c1-7-8-3-2-4-9(7)6-5-8/h2-4H,5-6H2,1H3. The van der Waals surface area contributed by atoms with Gasteiger partial charge in [0.2, 0.25) is 0 Å². The zero-order valence-electron chi connectivity index (χ0n) is 5.65. The zero-order valence-corrected chi connectivity index (χ0v) is 5.65. The second-order valence-corrected chi connectivity index (χ2v) is 2.70. The van der Waals surface area contributed by atoms with E-state index in [1.165, 1.54) is 18.4 Å². The summed E-state index contributed by atoms with van der Waals surface area (Å²) in [6, 6.07) is 6.61. The Balaban J connectivity index is 2.71. The van der Waals surface area contributed by atoms with E-state index >= 15 is 0 Å². The Kier molecular flexibility index (Phi) is 0.895. The van der Waals surface area contributed by atoms with Crippen LogP contribution in [0.15, 0.2) is 18.2 Å². The van der Waals surface area contributed by atoms with Crippen molar-refractivity contribution in [3.63, 3.8) is 0 Å². The number of fused-ring (bicyclic) bond motifs is 2. The van der Waals surface area contributed by atoms with Crippen molar-refractivity contribution in [2.75, 3.05) is 0 Å². The van der Waals surface area contributed by atoms with Crippen molar-refractivity contribution in [2.45, 2.75) is 19.8 Å². The van der Waals surface area contributed by atoms with Crippen molar-refractivity contribution in [3.8, 4) is 0 Å². The normalized spacial score (nSPS) is 14.3. The van der Waals surface area contributed by atoms with Crippen LogP contribution in [0.1, 0.15) is 16.7 Å². The zero-order chi connectivity index (χ0) is 6.27. The van der Waals surface area contributed by atoms with Crippen LogP contribution in [-0.4, -0.2) is 0 Å². The van der Waals surface area contributed by atoms with Crippen LogP contribution in [0.4, 0.5) is 0 Å². The van der Waals surface area contributed by atoms with Gasteiger partial charge >= 0.3 is 0 Å². The molecule has 1 aromatic carbocycles. The summed E-state index contributed by atoms with van der Waals surface area (Å²) in [4.78, 5) is 0. The smallest absolute Gasteiger partial charge is 0.0235 e. The second-order valence-electron chi connectivity index (χ2n) is 2.70. The second kappa shape index (κ2) is 1.60. The first-order valence-electron chi connectivity index (χ1n) is 3.45. The molecule has 0 spiro atoms. The van der Waals surface area contributed by atoms with Crippen LogP contribution in [0.3, 0.4) is 0 Å². The van der Waals surface area contributed by atoms with E-state index in [2.05, 4.69) is 25.1 Å². The van der Waals surface area contributed by atoms with Crippen molar-refractivity contribution in [1.82, 2.24) is 0 Å². The van der Waals surface area contributed by atoms with E-state index in [4.69, 9.17) is 0 Å². The fourth-order valence-corrected chi connectivity index (χ4v) is 1.55. The molecule has 46 valence electrons. The van der Waals surface area contributed by atoms with Crippen molar-refractivity contribution in [3.05, 3.63) is 34.9 Å². The third-order valence-electron chi connectivity index (χ3n) is 2.22. The van der Waals surface area contributed by atoms with Crippen LogP contribution in [0.2, 0.25) is 0 Å². The summed E-state index contributed by atoms with van der Waals surface area (Å²) < 4.78 is 0. The molecule has 0 nitrogen and oxygen atoms in total. The van der Waals surface area contributed by atoms with Crippen molar-refractivity contribution in [1.29, 1.82) is 0 Å². The molecule has 0 radical (unpaired) electrons. The van der Waals surface area contributed by atoms with Gasteiger partial charge in [-0.2, -0.15) is 0 Å². The van der Waals surface area contributed by atoms with Gasteiger partial charge < -0.3 is 0 Å². The lowest BCUT2D eigenvalue weighted by Gasteiger charge is -1.94. The molecule has 2 rings (SSSR count). The molecule has 0 aliphatic heterocycles. The summed E-state index contributed by atoms with van der Waals surface area (Å²) in [5, 5.41) is 0. The number of benzene rings is 1. The van der Waals surface area contributed by atoms with Crippen molar-refractivity contribution in [2.24, 2.45) is 0 Å². The summed E-state index contributed by atoms with van der Waals surface area (Å²) in [6.45, 7) is 2.22. The molecule has 0 unspecified atom stereocenters. The molecule has 2 bridgehead atoms. The third kappa shape index (κ3) is 0.593. The highest BCUT2D eigenvalue weighted by molar-refractivity contribution is 5.39. The average Bonchev–Trinajstić information content (AvgIpc) is 2.19. The van der Waals surface area contributed by atoms with Gasteiger partial charge in [0.25, 0.3) is 0 Å². The Morgan fingerprint density at radius 1 is 1.11 bits per heavy atom. The summed E-state index contributed by atoms with van der Waals surface area (Å²) in [6.07, 6.45) is 2.54. The van der Waals surface area contributed by atoms with Crippen molar-refractivity contribution >= 4 is 0 Å². The lowest BCUT2D eigenvalue weighted by molar-refractivity contribution is 1.03. The fourth-order valence-electron chi connectivity index (χ4n) is 1.55. The van der Waals surface area contributed by atoms with Gasteiger partial charge in [0, 0.05) is 0 Å². The van der Waals surface area contributed by atoms with Gasteiger partial charge in [-0.3, -0.25) is 0 Å². The Bertz CT molecular complexity index is 214. The molecule has 0 saturated carbocycles. The molecule has 1 aliphatic carbocycles. The highest BCUT2D eigenvalue weighted by Gasteiger charge is 2.09. The van der Waals surface area contributed by atoms with E-state index in [9.17, 15) is 0 Å². The van der Waals surface area contributed by atoms with Gasteiger partial charge in [-0.05, 0) is 36.5 Å². The lowest BCUT2D eigenvalue weighted by Crippen LogP contribution is -1.76. The largest absolute Gasteiger partial charge is 0.0617 e. The average molecular weight is 118 g/mol. The highest BCUT2D eigenvalue weighted by Crippen LogP contribution is 2.22. The van der Waals surface area contributed by atoms with Crippen LogP contribution < -0.4 is 0 Å². The van der Waals surface area contributed by atoms with Crippen molar-refractivity contribution < 1.29 is 0 Å². The van der Waals surface area contributed by atoms with E-state index in [0.29, 0.717) is 0 Å². The van der Waals surface area contributed by atoms with Crippen LogP contribution >= 0.6 is 0 Å². The van der Waals surface area contributed by atoms with Gasteiger partial charge in [0.15, 0.2) is 0 Å². The summed E-state index contributed by atoms with van der Waals surface area (Å²) in [7, 11) is 0. The number of rotatable bonds is 0. The van der Waals surface area contributed by atoms with Crippen LogP contribution in [0.25, 0.3) is 0 Å². The maximum Gasteiger partial charge on any atom is -0.0235 e. The first-order valence-corrected chi connectivity index (χ1v) is 3.45. The minimum absolute atomic E-state index is 1.27. The van der Waals surface area contributed by atoms with Crippen LogP contribution in [-0.2, 0) is 12.8 Å². The summed E-state index contributed by atoms with van der Waals surface area (Å²) in [5.41, 5.74) is 4.62. The Morgan fingerprint density at radius 3 is 2.11 bits per heavy atom. The van der Waals surface area contributed by atoms with Gasteiger partial charge in [0.1, 0.15) is 0 Å². The van der Waals surface area contributed by atoms with Crippen LogP contribution in [0, 0.1) is 6.92 Å². The first kappa shape index (κ1) is 5.04. The maximum atomic E-state index is 2.23. The van der Waals surface area contributed by atoms with Gasteiger partial charge in [-0.15, -0.1) is 0 Å². The molecular weight excluding hydrogens is 108 g/mol. The Hall–Kier alpha value is -0.780. The molecular formula is C9H10. The molecule has 0 saturated heterocycles. The molecule has 1 aliphatic rings. The maximum absolute atomic E-state index is 2.23. The molecule has 9 heavy (non-hydrogen) atoms. The Labute approximate surface area is 55.5 Å². The van der Waals surface area contributed by atoms with E-state index < -0.39 is 0 Å². The predicted molar refractivity (Wildman–Crippen MR) is 38.6 cm³/mol. The molecule has 0 heteroatoms. The molecule has 1 aromatic rings. The first-order chi connectivity index (χ1) is 4.38. The fraction of sp³-hybridized carbons (Fsp3) is 0.333. The molecule has 0 fully saturated rings. The Morgan fingerprint density at radius 2 is 1.67 bits per heavy atom. The molecule has 0 amide bonds. The highest BCUT2D eigenvalue weighted by atomic mass is 14.1.